The van der Waals surface area contributed by atoms with Crippen molar-refractivity contribution in [3.05, 3.63) is 29.8 Å². The smallest absolute Gasteiger partial charge is 0.250 e. The van der Waals surface area contributed by atoms with E-state index in [1.165, 1.54) is 7.11 Å². The van der Waals surface area contributed by atoms with E-state index < -0.39 is 0 Å². The summed E-state index contributed by atoms with van der Waals surface area (Å²) >= 11 is 0. The van der Waals surface area contributed by atoms with Crippen molar-refractivity contribution in [1.82, 2.24) is 0 Å². The van der Waals surface area contributed by atoms with Gasteiger partial charge < -0.3 is 10.1 Å². The first-order valence-electron chi connectivity index (χ1n) is 4.12. The molecule has 0 atom stereocenters. The second-order valence-corrected chi connectivity index (χ2v) is 2.67. The summed E-state index contributed by atoms with van der Waals surface area (Å²) in [6.07, 6.45) is 5.27. The number of nitrogens with one attached hydrogen (secondary N) is 1. The molecule has 0 unspecified atom stereocenters. The number of ether oxygens (including phenoxy) is 1. The number of benzene rings is 1. The number of hydrogen-bond acceptors (Lipinski definition) is 2. The predicted octanol–water partition coefficient (Wildman–Crippen LogP) is 1.25. The van der Waals surface area contributed by atoms with E-state index in [4.69, 9.17) is 6.42 Å². The highest BCUT2D eigenvalue weighted by Crippen LogP contribution is 2.12. The molecule has 0 saturated heterocycles. The Morgan fingerprint density at radius 1 is 1.57 bits per heavy atom. The van der Waals surface area contributed by atoms with Gasteiger partial charge in [0.1, 0.15) is 6.61 Å². The van der Waals surface area contributed by atoms with Gasteiger partial charge in [-0.25, -0.2) is 0 Å². The normalized spacial score (nSPS) is 9.14. The number of carbonyl (C=O) groups is 1. The third-order valence-electron chi connectivity index (χ3n) is 1.63. The lowest BCUT2D eigenvalue weighted by atomic mass is 10.2. The molecule has 0 radical (unpaired) electrons. The number of anilines is 1. The molecule has 14 heavy (non-hydrogen) atoms. The number of para-hydroxylation sites is 1. The SMILES string of the molecule is C#Cc1ccccc1NC(=O)COC. The first-order chi connectivity index (χ1) is 6.77. The van der Waals surface area contributed by atoms with Gasteiger partial charge in [0.15, 0.2) is 0 Å². The van der Waals surface area contributed by atoms with Crippen LogP contribution in [0.15, 0.2) is 24.3 Å². The fourth-order valence-electron chi connectivity index (χ4n) is 1.04. The molecular formula is C11H11NO2. The van der Waals surface area contributed by atoms with Crippen LogP contribution in [0.25, 0.3) is 0 Å². The minimum absolute atomic E-state index is 0.0267. The third-order valence-corrected chi connectivity index (χ3v) is 1.63. The molecule has 0 spiro atoms. The number of amides is 1. The Hall–Kier alpha value is -1.79. The van der Waals surface area contributed by atoms with Crippen LogP contribution in [0.2, 0.25) is 0 Å². The Balaban J connectivity index is 2.77. The molecule has 0 aliphatic rings. The highest BCUT2D eigenvalue weighted by atomic mass is 16.5. The van der Waals surface area contributed by atoms with Gasteiger partial charge in [-0.15, -0.1) is 6.42 Å². The Bertz CT molecular complexity index is 366. The molecule has 1 rings (SSSR count). The molecule has 72 valence electrons. The van der Waals surface area contributed by atoms with Crippen LogP contribution in [0, 0.1) is 12.3 Å². The number of carbonyl (C=O) groups excluding carboxylic acids is 1. The molecule has 1 aromatic rings. The maximum absolute atomic E-state index is 11.2. The van der Waals surface area contributed by atoms with Gasteiger partial charge in [0.25, 0.3) is 0 Å². The highest BCUT2D eigenvalue weighted by molar-refractivity contribution is 5.93. The van der Waals surface area contributed by atoms with Gasteiger partial charge in [0.05, 0.1) is 5.69 Å². The summed E-state index contributed by atoms with van der Waals surface area (Å²) in [5, 5.41) is 2.66. The van der Waals surface area contributed by atoms with Crippen molar-refractivity contribution >= 4 is 11.6 Å². The van der Waals surface area contributed by atoms with E-state index in [-0.39, 0.29) is 12.5 Å². The molecule has 0 aliphatic heterocycles. The summed E-state index contributed by atoms with van der Waals surface area (Å²) < 4.78 is 4.69. The van der Waals surface area contributed by atoms with Gasteiger partial charge in [-0.05, 0) is 12.1 Å². The Labute approximate surface area is 83.1 Å². The molecule has 0 heterocycles. The fourth-order valence-corrected chi connectivity index (χ4v) is 1.04. The standard InChI is InChI=1S/C11H11NO2/c1-3-9-6-4-5-7-10(9)12-11(13)8-14-2/h1,4-7H,8H2,2H3,(H,12,13). The molecule has 1 aromatic carbocycles. The van der Waals surface area contributed by atoms with Gasteiger partial charge in [-0.2, -0.15) is 0 Å². The summed E-state index contributed by atoms with van der Waals surface area (Å²) in [6.45, 7) is 0.0267. The number of rotatable bonds is 3. The van der Waals surface area contributed by atoms with Crippen molar-refractivity contribution < 1.29 is 9.53 Å². The second-order valence-electron chi connectivity index (χ2n) is 2.67. The van der Waals surface area contributed by atoms with Crippen LogP contribution in [0.3, 0.4) is 0 Å². The summed E-state index contributed by atoms with van der Waals surface area (Å²) in [4.78, 5) is 11.2. The van der Waals surface area contributed by atoms with Crippen LogP contribution >= 0.6 is 0 Å². The number of methoxy groups -OCH3 is 1. The van der Waals surface area contributed by atoms with Gasteiger partial charge in [-0.1, -0.05) is 18.1 Å². The summed E-state index contributed by atoms with van der Waals surface area (Å²) in [5.74, 6) is 2.27. The molecule has 3 heteroatoms. The lowest BCUT2D eigenvalue weighted by molar-refractivity contribution is -0.119. The van der Waals surface area contributed by atoms with Crippen molar-refractivity contribution in [3.63, 3.8) is 0 Å². The largest absolute Gasteiger partial charge is 0.375 e. The fraction of sp³-hybridized carbons (Fsp3) is 0.182. The predicted molar refractivity (Wildman–Crippen MR) is 54.9 cm³/mol. The average molecular weight is 189 g/mol. The average Bonchev–Trinajstić information content (AvgIpc) is 2.19. The number of hydrogen-bond donors (Lipinski definition) is 1. The van der Waals surface area contributed by atoms with Crippen LogP contribution in [0.1, 0.15) is 5.56 Å². The Morgan fingerprint density at radius 2 is 2.29 bits per heavy atom. The summed E-state index contributed by atoms with van der Waals surface area (Å²) in [6, 6.07) is 7.15. The van der Waals surface area contributed by atoms with Crippen LogP contribution in [-0.4, -0.2) is 19.6 Å². The van der Waals surface area contributed by atoms with Crippen LogP contribution in [0.5, 0.6) is 0 Å². The zero-order valence-electron chi connectivity index (χ0n) is 7.91. The van der Waals surface area contributed by atoms with E-state index >= 15 is 0 Å². The molecule has 0 bridgehead atoms. The zero-order valence-corrected chi connectivity index (χ0v) is 7.91. The zero-order chi connectivity index (χ0) is 10.4. The van der Waals surface area contributed by atoms with E-state index in [2.05, 4.69) is 16.0 Å². The monoisotopic (exact) mass is 189 g/mol. The molecule has 0 saturated carbocycles. The first kappa shape index (κ1) is 10.3. The lowest BCUT2D eigenvalue weighted by Crippen LogP contribution is -2.17. The van der Waals surface area contributed by atoms with Crippen molar-refractivity contribution in [3.8, 4) is 12.3 Å². The van der Waals surface area contributed by atoms with Crippen molar-refractivity contribution in [2.45, 2.75) is 0 Å². The van der Waals surface area contributed by atoms with Crippen LogP contribution < -0.4 is 5.32 Å². The Kier molecular flexibility index (Phi) is 3.71. The van der Waals surface area contributed by atoms with Gasteiger partial charge >= 0.3 is 0 Å². The summed E-state index contributed by atoms with van der Waals surface area (Å²) in [5.41, 5.74) is 1.30. The third kappa shape index (κ3) is 2.61. The van der Waals surface area contributed by atoms with E-state index in [0.717, 1.165) is 0 Å². The van der Waals surface area contributed by atoms with Crippen LogP contribution in [0.4, 0.5) is 5.69 Å². The topological polar surface area (TPSA) is 38.3 Å². The second kappa shape index (κ2) is 5.05. The van der Waals surface area contributed by atoms with E-state index in [9.17, 15) is 4.79 Å². The number of terminal acetylenes is 1. The van der Waals surface area contributed by atoms with E-state index in [0.29, 0.717) is 11.3 Å². The van der Waals surface area contributed by atoms with Gasteiger partial charge in [-0.3, -0.25) is 4.79 Å². The maximum atomic E-state index is 11.2. The van der Waals surface area contributed by atoms with Crippen molar-refractivity contribution in [2.24, 2.45) is 0 Å². The van der Waals surface area contributed by atoms with E-state index in [1.54, 1.807) is 12.1 Å². The van der Waals surface area contributed by atoms with E-state index in [1.807, 2.05) is 12.1 Å². The maximum Gasteiger partial charge on any atom is 0.250 e. The quantitative estimate of drug-likeness (QED) is 0.727. The van der Waals surface area contributed by atoms with Crippen molar-refractivity contribution in [2.75, 3.05) is 19.0 Å². The van der Waals surface area contributed by atoms with Crippen LogP contribution in [-0.2, 0) is 9.53 Å². The van der Waals surface area contributed by atoms with Gasteiger partial charge in [0.2, 0.25) is 5.91 Å². The van der Waals surface area contributed by atoms with Gasteiger partial charge in [0, 0.05) is 12.7 Å². The molecule has 1 amide bonds. The molecule has 1 N–H and O–H groups in total. The summed E-state index contributed by atoms with van der Waals surface area (Å²) in [7, 11) is 1.46. The minimum atomic E-state index is -0.213. The molecule has 0 fully saturated rings. The molecule has 0 aliphatic carbocycles. The molecular weight excluding hydrogens is 178 g/mol. The lowest BCUT2D eigenvalue weighted by Gasteiger charge is -2.06. The minimum Gasteiger partial charge on any atom is -0.375 e. The molecule has 0 aromatic heterocycles. The highest BCUT2D eigenvalue weighted by Gasteiger charge is 2.03. The Morgan fingerprint density at radius 3 is 2.93 bits per heavy atom. The molecule has 3 nitrogen and oxygen atoms in total. The van der Waals surface area contributed by atoms with Crippen molar-refractivity contribution in [1.29, 1.82) is 0 Å². The first-order valence-corrected chi connectivity index (χ1v) is 4.12.